The molecule has 32 atom stereocenters. The van der Waals surface area contributed by atoms with E-state index in [9.17, 15) is 61.3 Å². The number of fused-ring (bicyclic) bond motifs is 7. The molecule has 6 heterocycles. The highest BCUT2D eigenvalue weighted by Gasteiger charge is 2.76. The van der Waals surface area contributed by atoms with Gasteiger partial charge < -0.3 is 109 Å². The second kappa shape index (κ2) is 20.2. The molecule has 4 aliphatic carbocycles. The van der Waals surface area contributed by atoms with Gasteiger partial charge in [0.1, 0.15) is 85.0 Å². The third-order valence-corrected chi connectivity index (χ3v) is 20.1. The summed E-state index contributed by atoms with van der Waals surface area (Å²) in [6.07, 6.45) is -24.0. The minimum Gasteiger partial charge on any atom is -0.394 e. The van der Waals surface area contributed by atoms with Gasteiger partial charge in [0.2, 0.25) is 0 Å². The van der Waals surface area contributed by atoms with E-state index in [1.807, 2.05) is 13.8 Å². The van der Waals surface area contributed by atoms with Crippen LogP contribution in [0.4, 0.5) is 0 Å². The predicted molar refractivity (Wildman–Crippen MR) is 247 cm³/mol. The van der Waals surface area contributed by atoms with Crippen LogP contribution in [0, 0.1) is 40.4 Å². The fourth-order valence-electron chi connectivity index (χ4n) is 15.4. The number of aliphatic hydroxyl groups excluding tert-OH is 11. The molecule has 0 bridgehead atoms. The number of hydrogen-bond donors (Lipinski definition) is 12. The molecule has 9 fully saturated rings. The normalized spacial score (nSPS) is 59.2. The van der Waals surface area contributed by atoms with Gasteiger partial charge in [-0.1, -0.05) is 39.3 Å². The van der Waals surface area contributed by atoms with Crippen LogP contribution in [0.5, 0.6) is 0 Å². The Hall–Kier alpha value is -1.14. The Labute approximate surface area is 425 Å². The first-order chi connectivity index (χ1) is 34.4. The average molecular weight is 1050 g/mol. The molecule has 0 aromatic carbocycles. The highest BCUT2D eigenvalue weighted by Crippen LogP contribution is 2.72. The molecule has 10 aliphatic rings. The minimum atomic E-state index is -1.87. The smallest absolute Gasteiger partial charge is 0.187 e. The van der Waals surface area contributed by atoms with E-state index in [1.54, 1.807) is 0 Å². The maximum atomic E-state index is 12.9. The molecular weight excluding hydrogens is 965 g/mol. The zero-order chi connectivity index (χ0) is 52.6. The fraction of sp³-hybridized carbons (Fsp3) is 0.961. The molecular formula is C51H82O22. The first kappa shape index (κ1) is 55.2. The minimum absolute atomic E-state index is 0.0156. The highest BCUT2D eigenvalue weighted by atomic mass is 16.8. The van der Waals surface area contributed by atoms with E-state index in [2.05, 4.69) is 19.9 Å². The van der Waals surface area contributed by atoms with Gasteiger partial charge in [0.15, 0.2) is 30.9 Å². The van der Waals surface area contributed by atoms with Gasteiger partial charge in [-0.15, -0.1) is 0 Å². The van der Waals surface area contributed by atoms with Crippen LogP contribution in [-0.4, -0.2) is 227 Å². The third-order valence-electron chi connectivity index (χ3n) is 20.1. The molecule has 0 aromatic heterocycles. The zero-order valence-corrected chi connectivity index (χ0v) is 42.8. The van der Waals surface area contributed by atoms with Gasteiger partial charge in [-0.3, -0.25) is 0 Å². The molecule has 6 saturated heterocycles. The molecule has 0 aromatic rings. The van der Waals surface area contributed by atoms with E-state index in [4.69, 9.17) is 47.4 Å². The lowest BCUT2D eigenvalue weighted by Gasteiger charge is -2.60. The van der Waals surface area contributed by atoms with Crippen LogP contribution in [-0.2, 0) is 47.4 Å². The largest absolute Gasteiger partial charge is 0.394 e. The molecule has 0 radical (unpaired) electrons. The predicted octanol–water partition coefficient (Wildman–Crippen LogP) is -1.82. The van der Waals surface area contributed by atoms with Crippen LogP contribution in [0.2, 0.25) is 0 Å². The zero-order valence-electron chi connectivity index (χ0n) is 42.8. The van der Waals surface area contributed by atoms with Crippen LogP contribution < -0.4 is 0 Å². The summed E-state index contributed by atoms with van der Waals surface area (Å²) in [7, 11) is 0. The summed E-state index contributed by atoms with van der Waals surface area (Å²) in [6.45, 7) is 12.6. The molecule has 12 N–H and O–H groups in total. The molecule has 3 saturated carbocycles. The van der Waals surface area contributed by atoms with Crippen LogP contribution in [0.1, 0.15) is 99.8 Å². The average Bonchev–Trinajstić information content (AvgIpc) is 3.71. The highest BCUT2D eigenvalue weighted by molar-refractivity contribution is 5.29. The van der Waals surface area contributed by atoms with Crippen molar-refractivity contribution in [3.05, 3.63) is 11.6 Å². The lowest BCUT2D eigenvalue weighted by Crippen LogP contribution is -2.67. The van der Waals surface area contributed by atoms with E-state index in [0.29, 0.717) is 44.1 Å². The van der Waals surface area contributed by atoms with Crippen LogP contribution >= 0.6 is 0 Å². The fourth-order valence-corrected chi connectivity index (χ4v) is 15.4. The van der Waals surface area contributed by atoms with Crippen LogP contribution in [0.15, 0.2) is 11.6 Å². The second-order valence-electron chi connectivity index (χ2n) is 24.0. The number of aliphatic hydroxyl groups is 12. The van der Waals surface area contributed by atoms with Gasteiger partial charge in [-0.2, -0.15) is 0 Å². The molecule has 0 unspecified atom stereocenters. The van der Waals surface area contributed by atoms with Gasteiger partial charge in [-0.05, 0) is 88.9 Å². The van der Waals surface area contributed by atoms with Crippen LogP contribution in [0.25, 0.3) is 0 Å². The van der Waals surface area contributed by atoms with Crippen molar-refractivity contribution in [2.24, 2.45) is 40.4 Å². The molecule has 418 valence electrons. The third kappa shape index (κ3) is 8.85. The van der Waals surface area contributed by atoms with Gasteiger partial charge in [0.05, 0.1) is 49.8 Å². The Balaban J connectivity index is 0.842. The first-order valence-electron chi connectivity index (χ1n) is 26.8. The van der Waals surface area contributed by atoms with E-state index < -0.39 is 165 Å². The first-order valence-corrected chi connectivity index (χ1v) is 26.8. The monoisotopic (exact) mass is 1050 g/mol. The molecule has 22 nitrogen and oxygen atoms in total. The molecule has 6 aliphatic heterocycles. The van der Waals surface area contributed by atoms with Crippen molar-refractivity contribution in [1.82, 2.24) is 0 Å². The van der Waals surface area contributed by atoms with Gasteiger partial charge in [-0.25, -0.2) is 0 Å². The topological polar surface area (TPSA) is 335 Å². The lowest BCUT2D eigenvalue weighted by atomic mass is 9.46. The summed E-state index contributed by atoms with van der Waals surface area (Å²) in [5, 5.41) is 133. The summed E-state index contributed by atoms with van der Waals surface area (Å²) in [5.74, 6) is -0.570. The van der Waals surface area contributed by atoms with E-state index in [1.165, 1.54) is 26.3 Å². The van der Waals surface area contributed by atoms with Gasteiger partial charge in [0.25, 0.3) is 0 Å². The van der Waals surface area contributed by atoms with Crippen molar-refractivity contribution < 1.29 is 109 Å². The van der Waals surface area contributed by atoms with Crippen molar-refractivity contribution in [3.8, 4) is 0 Å². The Morgan fingerprint density at radius 2 is 1.21 bits per heavy atom. The second-order valence-corrected chi connectivity index (χ2v) is 24.0. The Morgan fingerprint density at radius 1 is 0.616 bits per heavy atom. The SMILES string of the molecule is C[C@@H]1O[C@@H](O[C@@H]2[C@@H](O)[C@@H](O)[C@H](O[C@H]3[C@H](O)[C@@H](O[C@@H]4O[C@@H](C)[C@H](O)[C@@H](O)[C@H]4O)[C@H](O[C@H]4CC[C@@]5(C)C(=CC[C@@H]6[C@@H]5CC[C@@]5(C)[C@H]6C[C@@H]6O[C@]7(C[C@H](O)[C@@H](C)CO7)[C@@H](C)[C@@]65O)C4)O[C@@H]3CO)O[C@H]2C)[C@H](O)[C@H](O)[C@H]1O. The number of hydrogen-bond acceptors (Lipinski definition) is 22. The van der Waals surface area contributed by atoms with Gasteiger partial charge >= 0.3 is 0 Å². The van der Waals surface area contributed by atoms with E-state index in [0.717, 1.165) is 25.7 Å². The van der Waals surface area contributed by atoms with Crippen molar-refractivity contribution in [2.45, 2.75) is 252 Å². The Morgan fingerprint density at radius 3 is 1.82 bits per heavy atom. The summed E-state index contributed by atoms with van der Waals surface area (Å²) in [4.78, 5) is 0. The number of rotatable bonds is 9. The molecule has 0 amide bonds. The van der Waals surface area contributed by atoms with Crippen LogP contribution in [0.3, 0.4) is 0 Å². The Kier molecular flexibility index (Phi) is 15.3. The van der Waals surface area contributed by atoms with E-state index >= 15 is 0 Å². The lowest BCUT2D eigenvalue weighted by molar-refractivity contribution is -0.394. The molecule has 73 heavy (non-hydrogen) atoms. The quantitative estimate of drug-likeness (QED) is 0.113. The summed E-state index contributed by atoms with van der Waals surface area (Å²) in [5.41, 5.74) is -0.514. The summed E-state index contributed by atoms with van der Waals surface area (Å²) in [6, 6.07) is 0. The van der Waals surface area contributed by atoms with E-state index in [-0.39, 0.29) is 23.2 Å². The molecule has 10 rings (SSSR count). The van der Waals surface area contributed by atoms with Crippen molar-refractivity contribution in [2.75, 3.05) is 13.2 Å². The molecule has 1 spiro atoms. The Bertz CT molecular complexity index is 1990. The molecule has 22 heteroatoms. The standard InChI is InChI=1S/C51H82O22/c1-19-18-64-50(16-29(19)53)23(5)51(63)31(73-50)15-28-26-9-8-24-14-25(10-12-48(24,6)27(26)11-13-49(28,51)7)68-47-43(72-45-38(60)35(57)33(55)21(3)66-45)40(62)42(30(17-52)69-47)71-46-39(61)36(58)41(22(4)67-46)70-44-37(59)34(56)32(54)20(2)65-44/h8,19-23,25-47,52-63H,9-18H2,1-7H3/t19-,20-,21-,22-,23+,25-,26+,27-,28-,29-,30+,31-,32-,33-,34+,35+,36-,37+,38+,39+,40-,41-,42+,43+,44-,45-,46-,47+,48-,49-,50+,51+/m0/s1. The van der Waals surface area contributed by atoms with Gasteiger partial charge in [0, 0.05) is 23.7 Å². The summed E-state index contributed by atoms with van der Waals surface area (Å²) < 4.78 is 61.7. The maximum absolute atomic E-state index is 12.9. The van der Waals surface area contributed by atoms with Crippen molar-refractivity contribution >= 4 is 0 Å². The van der Waals surface area contributed by atoms with Crippen molar-refractivity contribution in [3.63, 3.8) is 0 Å². The maximum Gasteiger partial charge on any atom is 0.187 e. The van der Waals surface area contributed by atoms with Crippen molar-refractivity contribution in [1.29, 1.82) is 0 Å². The summed E-state index contributed by atoms with van der Waals surface area (Å²) >= 11 is 0. The number of allylic oxidation sites excluding steroid dienone is 1. The number of ether oxygens (including phenoxy) is 10.